The Morgan fingerprint density at radius 2 is 1.81 bits per heavy atom. The summed E-state index contributed by atoms with van der Waals surface area (Å²) >= 11 is 0. The zero-order chi connectivity index (χ0) is 21.0. The largest absolute Gasteiger partial charge is 0.468 e. The van der Waals surface area contributed by atoms with E-state index < -0.39 is 0 Å². The molecule has 176 valence electrons. The minimum atomic E-state index is 0. The van der Waals surface area contributed by atoms with E-state index in [1.165, 1.54) is 38.5 Å². The van der Waals surface area contributed by atoms with Crippen LogP contribution in [0.15, 0.2) is 27.8 Å². The molecule has 0 radical (unpaired) electrons. The van der Waals surface area contributed by atoms with E-state index in [2.05, 4.69) is 33.8 Å². The van der Waals surface area contributed by atoms with Gasteiger partial charge < -0.3 is 20.4 Å². The Morgan fingerprint density at radius 3 is 2.48 bits per heavy atom. The number of likely N-dealkylation sites (tertiary alicyclic amines) is 1. The highest BCUT2D eigenvalue weighted by Crippen LogP contribution is 2.25. The van der Waals surface area contributed by atoms with Gasteiger partial charge in [0.15, 0.2) is 5.96 Å². The van der Waals surface area contributed by atoms with Crippen LogP contribution in [0.25, 0.3) is 0 Å². The lowest BCUT2D eigenvalue weighted by molar-refractivity contribution is -0.125. The number of hydrogen-bond donors (Lipinski definition) is 3. The summed E-state index contributed by atoms with van der Waals surface area (Å²) in [7, 11) is 0. The van der Waals surface area contributed by atoms with Crippen molar-refractivity contribution in [1.29, 1.82) is 0 Å². The van der Waals surface area contributed by atoms with Crippen LogP contribution in [-0.4, -0.2) is 56.0 Å². The van der Waals surface area contributed by atoms with Gasteiger partial charge in [0, 0.05) is 25.6 Å². The van der Waals surface area contributed by atoms with Crippen molar-refractivity contribution in [3.63, 3.8) is 0 Å². The first kappa shape index (κ1) is 26.0. The Morgan fingerprint density at radius 1 is 1.10 bits per heavy atom. The van der Waals surface area contributed by atoms with Crippen LogP contribution in [0.3, 0.4) is 0 Å². The van der Waals surface area contributed by atoms with Crippen LogP contribution in [0.5, 0.6) is 0 Å². The highest BCUT2D eigenvalue weighted by atomic mass is 127. The smallest absolute Gasteiger partial charge is 0.223 e. The summed E-state index contributed by atoms with van der Waals surface area (Å²) < 4.78 is 5.72. The molecular weight excluding hydrogens is 505 g/mol. The molecule has 1 amide bonds. The first-order valence-corrected chi connectivity index (χ1v) is 11.8. The third-order valence-electron chi connectivity index (χ3n) is 6.16. The van der Waals surface area contributed by atoms with E-state index in [1.54, 1.807) is 6.26 Å². The lowest BCUT2D eigenvalue weighted by atomic mass is 9.89. The van der Waals surface area contributed by atoms with Crippen LogP contribution < -0.4 is 16.0 Å². The average Bonchev–Trinajstić information content (AvgIpc) is 3.32. The van der Waals surface area contributed by atoms with Gasteiger partial charge in [0.2, 0.25) is 5.91 Å². The normalized spacial score (nSPS) is 19.3. The number of halogens is 1. The highest BCUT2D eigenvalue weighted by Gasteiger charge is 2.24. The number of aliphatic imine (C=N–C) groups is 1. The van der Waals surface area contributed by atoms with E-state index in [0.29, 0.717) is 19.6 Å². The predicted molar refractivity (Wildman–Crippen MR) is 136 cm³/mol. The van der Waals surface area contributed by atoms with Crippen LogP contribution >= 0.6 is 24.0 Å². The Balaban J connectivity index is 0.00000341. The Kier molecular flexibility index (Phi) is 12.3. The van der Waals surface area contributed by atoms with E-state index in [0.717, 1.165) is 44.2 Å². The molecule has 1 aliphatic carbocycles. The standard InChI is InChI=1S/C23H39N5O2.HI/c1-2-24-23(26-14-13-25-22(29)19-10-5-3-6-11-19)27-18-20(21-12-9-17-30-21)28-15-7-4-8-16-28;/h9,12,17,19-20H,2-8,10-11,13-16,18H2,1H3,(H,25,29)(H2,24,26,27);1H. The summed E-state index contributed by atoms with van der Waals surface area (Å²) in [5.41, 5.74) is 0. The number of guanidine groups is 1. The van der Waals surface area contributed by atoms with Gasteiger partial charge in [-0.25, -0.2) is 0 Å². The fourth-order valence-electron chi connectivity index (χ4n) is 4.49. The zero-order valence-electron chi connectivity index (χ0n) is 18.9. The van der Waals surface area contributed by atoms with Crippen molar-refractivity contribution in [3.8, 4) is 0 Å². The van der Waals surface area contributed by atoms with Gasteiger partial charge in [0.05, 0.1) is 18.8 Å². The van der Waals surface area contributed by atoms with Crippen molar-refractivity contribution in [2.75, 3.05) is 39.3 Å². The summed E-state index contributed by atoms with van der Waals surface area (Å²) in [5, 5.41) is 9.75. The van der Waals surface area contributed by atoms with Crippen molar-refractivity contribution >= 4 is 35.8 Å². The SMILES string of the molecule is CCNC(=NCC(c1ccco1)N1CCCCC1)NCCNC(=O)C1CCCCC1.I. The maximum absolute atomic E-state index is 12.3. The van der Waals surface area contributed by atoms with Crippen LogP contribution in [0.1, 0.15) is 70.1 Å². The maximum atomic E-state index is 12.3. The highest BCUT2D eigenvalue weighted by molar-refractivity contribution is 14.0. The number of nitrogens with zero attached hydrogens (tertiary/aromatic N) is 2. The van der Waals surface area contributed by atoms with Gasteiger partial charge in [0.1, 0.15) is 5.76 Å². The van der Waals surface area contributed by atoms with Crippen LogP contribution in [-0.2, 0) is 4.79 Å². The Labute approximate surface area is 204 Å². The lowest BCUT2D eigenvalue weighted by Crippen LogP contribution is -2.43. The number of nitrogens with one attached hydrogen (secondary N) is 3. The van der Waals surface area contributed by atoms with Crippen LogP contribution in [0, 0.1) is 5.92 Å². The second-order valence-corrected chi connectivity index (χ2v) is 8.40. The van der Waals surface area contributed by atoms with Crippen molar-refractivity contribution < 1.29 is 9.21 Å². The molecule has 1 atom stereocenters. The third-order valence-corrected chi connectivity index (χ3v) is 6.16. The molecule has 2 aliphatic rings. The molecule has 1 saturated heterocycles. The summed E-state index contributed by atoms with van der Waals surface area (Å²) in [5.74, 6) is 2.19. The van der Waals surface area contributed by atoms with Crippen molar-refractivity contribution in [1.82, 2.24) is 20.9 Å². The number of piperidine rings is 1. The van der Waals surface area contributed by atoms with E-state index >= 15 is 0 Å². The lowest BCUT2D eigenvalue weighted by Gasteiger charge is -2.32. The third kappa shape index (κ3) is 8.63. The molecule has 1 aromatic rings. The zero-order valence-corrected chi connectivity index (χ0v) is 21.2. The van der Waals surface area contributed by atoms with Crippen molar-refractivity contribution in [2.24, 2.45) is 10.9 Å². The van der Waals surface area contributed by atoms with Crippen LogP contribution in [0.2, 0.25) is 0 Å². The molecule has 2 heterocycles. The minimum Gasteiger partial charge on any atom is -0.468 e. The number of carbonyl (C=O) groups is 1. The molecule has 1 aromatic heterocycles. The van der Waals surface area contributed by atoms with E-state index in [9.17, 15) is 4.79 Å². The van der Waals surface area contributed by atoms with Gasteiger partial charge in [-0.05, 0) is 57.8 Å². The van der Waals surface area contributed by atoms with Gasteiger partial charge in [-0.1, -0.05) is 25.7 Å². The van der Waals surface area contributed by atoms with E-state index in [1.807, 2.05) is 6.07 Å². The summed E-state index contributed by atoms with van der Waals surface area (Å²) in [4.78, 5) is 19.6. The Hall–Kier alpha value is -1.29. The number of amides is 1. The van der Waals surface area contributed by atoms with Gasteiger partial charge in [-0.3, -0.25) is 14.7 Å². The summed E-state index contributed by atoms with van der Waals surface area (Å²) in [6.45, 7) is 6.99. The fraction of sp³-hybridized carbons (Fsp3) is 0.739. The van der Waals surface area contributed by atoms with E-state index in [-0.39, 0.29) is 41.8 Å². The van der Waals surface area contributed by atoms with Crippen molar-refractivity contribution in [3.05, 3.63) is 24.2 Å². The fourth-order valence-corrected chi connectivity index (χ4v) is 4.49. The topological polar surface area (TPSA) is 81.9 Å². The molecule has 2 fully saturated rings. The monoisotopic (exact) mass is 545 g/mol. The van der Waals surface area contributed by atoms with Gasteiger partial charge >= 0.3 is 0 Å². The second-order valence-electron chi connectivity index (χ2n) is 8.40. The van der Waals surface area contributed by atoms with Gasteiger partial charge in [-0.15, -0.1) is 24.0 Å². The maximum Gasteiger partial charge on any atom is 0.223 e. The molecular formula is C23H40IN5O2. The van der Waals surface area contributed by atoms with Crippen LogP contribution in [0.4, 0.5) is 0 Å². The Bertz CT molecular complexity index is 640. The number of carbonyl (C=O) groups excluding carboxylic acids is 1. The molecule has 3 rings (SSSR count). The molecule has 7 nitrogen and oxygen atoms in total. The molecule has 1 unspecified atom stereocenters. The number of furan rings is 1. The number of rotatable bonds is 9. The molecule has 3 N–H and O–H groups in total. The quantitative estimate of drug-likeness (QED) is 0.191. The van der Waals surface area contributed by atoms with E-state index in [4.69, 9.17) is 9.41 Å². The first-order valence-electron chi connectivity index (χ1n) is 11.8. The first-order chi connectivity index (χ1) is 14.8. The van der Waals surface area contributed by atoms with Gasteiger partial charge in [-0.2, -0.15) is 0 Å². The molecule has 8 heteroatoms. The van der Waals surface area contributed by atoms with Gasteiger partial charge in [0.25, 0.3) is 0 Å². The molecule has 0 aromatic carbocycles. The summed E-state index contributed by atoms with van der Waals surface area (Å²) in [6.07, 6.45) is 11.2. The average molecular weight is 546 g/mol. The second kappa shape index (κ2) is 14.7. The minimum absolute atomic E-state index is 0. The molecule has 31 heavy (non-hydrogen) atoms. The molecule has 0 bridgehead atoms. The summed E-state index contributed by atoms with van der Waals surface area (Å²) in [6, 6.07) is 4.17. The number of hydrogen-bond acceptors (Lipinski definition) is 4. The predicted octanol–water partition coefficient (Wildman–Crippen LogP) is 3.68. The van der Waals surface area contributed by atoms with Crippen molar-refractivity contribution in [2.45, 2.75) is 64.3 Å². The molecule has 1 aliphatic heterocycles. The molecule has 0 spiro atoms. The molecule has 1 saturated carbocycles.